The van der Waals surface area contributed by atoms with Crippen LogP contribution in [0.25, 0.3) is 11.3 Å². The Labute approximate surface area is 137 Å². The Bertz CT molecular complexity index is 654. The highest BCUT2D eigenvalue weighted by atomic mass is 16.5. The molecular weight excluding hydrogens is 288 g/mol. The van der Waals surface area contributed by atoms with Gasteiger partial charge in [0.05, 0.1) is 24.4 Å². The fraction of sp³-hybridized carbons (Fsp3) is 0.556. The molecule has 1 aromatic carbocycles. The van der Waals surface area contributed by atoms with Gasteiger partial charge in [0.1, 0.15) is 5.69 Å². The van der Waals surface area contributed by atoms with Crippen LogP contribution in [0.15, 0.2) is 30.3 Å². The van der Waals surface area contributed by atoms with Crippen LogP contribution in [0.1, 0.15) is 37.9 Å². The van der Waals surface area contributed by atoms with Crippen LogP contribution in [-0.2, 0) is 11.3 Å². The van der Waals surface area contributed by atoms with E-state index in [1.165, 1.54) is 25.8 Å². The first-order valence-corrected chi connectivity index (χ1v) is 8.70. The number of nitrogens with zero attached hydrogens (tertiary/aromatic N) is 4. The third-order valence-electron chi connectivity index (χ3n) is 4.98. The lowest BCUT2D eigenvalue weighted by atomic mass is 10.1. The highest BCUT2D eigenvalue weighted by molar-refractivity contribution is 5.61. The minimum atomic E-state index is 0.259. The summed E-state index contributed by atoms with van der Waals surface area (Å²) in [5.41, 5.74) is 3.20. The Kier molecular flexibility index (Phi) is 4.14. The van der Waals surface area contributed by atoms with E-state index in [2.05, 4.69) is 39.0 Å². The molecule has 5 nitrogen and oxygen atoms in total. The first-order chi connectivity index (χ1) is 11.4. The third kappa shape index (κ3) is 2.79. The summed E-state index contributed by atoms with van der Waals surface area (Å²) < 4.78 is 8.26. The van der Waals surface area contributed by atoms with E-state index in [9.17, 15) is 0 Å². The molecule has 2 atom stereocenters. The van der Waals surface area contributed by atoms with Gasteiger partial charge in [-0.1, -0.05) is 55.3 Å². The number of aromatic nitrogens is 3. The molecule has 122 valence electrons. The highest BCUT2D eigenvalue weighted by Gasteiger charge is 2.40. The minimum Gasteiger partial charge on any atom is -0.368 e. The van der Waals surface area contributed by atoms with Crippen LogP contribution in [0, 0.1) is 0 Å². The van der Waals surface area contributed by atoms with Crippen molar-refractivity contribution in [3.05, 3.63) is 36.0 Å². The van der Waals surface area contributed by atoms with Crippen LogP contribution in [0.3, 0.4) is 0 Å². The van der Waals surface area contributed by atoms with Gasteiger partial charge in [-0.25, -0.2) is 4.68 Å². The summed E-state index contributed by atoms with van der Waals surface area (Å²) in [5.74, 6) is 0. The zero-order valence-corrected chi connectivity index (χ0v) is 13.7. The number of unbranched alkanes of at least 4 members (excludes halogenated alkanes) is 2. The third-order valence-corrected chi connectivity index (χ3v) is 4.98. The van der Waals surface area contributed by atoms with Crippen LogP contribution in [0.4, 0.5) is 0 Å². The van der Waals surface area contributed by atoms with E-state index in [4.69, 9.17) is 4.74 Å². The SMILES string of the molecule is CCCCCN1C[C@@H]2OCc3c(-c4ccccc4)nnn3[C@H]2C1. The van der Waals surface area contributed by atoms with Crippen molar-refractivity contribution >= 4 is 0 Å². The second-order valence-corrected chi connectivity index (χ2v) is 6.58. The number of ether oxygens (including phenoxy) is 1. The summed E-state index contributed by atoms with van der Waals surface area (Å²) in [5, 5.41) is 8.91. The molecule has 2 aliphatic rings. The summed E-state index contributed by atoms with van der Waals surface area (Å²) >= 11 is 0. The van der Waals surface area contributed by atoms with Crippen LogP contribution < -0.4 is 0 Å². The zero-order valence-electron chi connectivity index (χ0n) is 13.7. The molecule has 0 saturated carbocycles. The van der Waals surface area contributed by atoms with Crippen molar-refractivity contribution < 1.29 is 4.74 Å². The van der Waals surface area contributed by atoms with Gasteiger partial charge >= 0.3 is 0 Å². The average molecular weight is 312 g/mol. The van der Waals surface area contributed by atoms with Gasteiger partial charge in [0.25, 0.3) is 0 Å². The van der Waals surface area contributed by atoms with Crippen molar-refractivity contribution in [3.8, 4) is 11.3 Å². The molecule has 1 saturated heterocycles. The van der Waals surface area contributed by atoms with Gasteiger partial charge in [0.15, 0.2) is 0 Å². The van der Waals surface area contributed by atoms with Crippen LogP contribution in [-0.4, -0.2) is 45.6 Å². The van der Waals surface area contributed by atoms with Gasteiger partial charge in [0.2, 0.25) is 0 Å². The van der Waals surface area contributed by atoms with Gasteiger partial charge in [-0.3, -0.25) is 4.90 Å². The number of likely N-dealkylation sites (tertiary alicyclic amines) is 1. The predicted molar refractivity (Wildman–Crippen MR) is 89.0 cm³/mol. The van der Waals surface area contributed by atoms with Crippen molar-refractivity contribution in [2.24, 2.45) is 0 Å². The van der Waals surface area contributed by atoms with E-state index < -0.39 is 0 Å². The van der Waals surface area contributed by atoms with Crippen molar-refractivity contribution in [2.75, 3.05) is 19.6 Å². The van der Waals surface area contributed by atoms with Crippen LogP contribution >= 0.6 is 0 Å². The Morgan fingerprint density at radius 2 is 2.04 bits per heavy atom. The maximum Gasteiger partial charge on any atom is 0.118 e. The second-order valence-electron chi connectivity index (χ2n) is 6.58. The van der Waals surface area contributed by atoms with E-state index in [0.717, 1.165) is 30.0 Å². The number of hydrogen-bond donors (Lipinski definition) is 0. The topological polar surface area (TPSA) is 43.2 Å². The molecule has 1 fully saturated rings. The Morgan fingerprint density at radius 1 is 1.17 bits per heavy atom. The normalized spacial score (nSPS) is 23.7. The molecule has 0 bridgehead atoms. The summed E-state index contributed by atoms with van der Waals surface area (Å²) in [4.78, 5) is 2.52. The molecule has 0 radical (unpaired) electrons. The molecule has 0 unspecified atom stereocenters. The van der Waals surface area contributed by atoms with Gasteiger partial charge in [0, 0.05) is 18.7 Å². The first-order valence-electron chi connectivity index (χ1n) is 8.70. The van der Waals surface area contributed by atoms with Gasteiger partial charge in [-0.2, -0.15) is 0 Å². The van der Waals surface area contributed by atoms with Crippen LogP contribution in [0.2, 0.25) is 0 Å². The molecule has 5 heteroatoms. The number of benzene rings is 1. The van der Waals surface area contributed by atoms with Crippen molar-refractivity contribution in [2.45, 2.75) is 44.9 Å². The average Bonchev–Trinajstić information content (AvgIpc) is 3.19. The Balaban J connectivity index is 1.53. The quantitative estimate of drug-likeness (QED) is 0.796. The highest BCUT2D eigenvalue weighted by Crippen LogP contribution is 2.34. The largest absolute Gasteiger partial charge is 0.368 e. The molecule has 4 rings (SSSR count). The smallest absolute Gasteiger partial charge is 0.118 e. The molecule has 0 aliphatic carbocycles. The van der Waals surface area contributed by atoms with Gasteiger partial charge in [-0.05, 0) is 13.0 Å². The number of rotatable bonds is 5. The summed E-state index contributed by atoms with van der Waals surface area (Å²) in [6, 6.07) is 10.6. The molecule has 2 aromatic rings. The Hall–Kier alpha value is -1.72. The van der Waals surface area contributed by atoms with Gasteiger partial charge < -0.3 is 4.74 Å². The van der Waals surface area contributed by atoms with E-state index >= 15 is 0 Å². The van der Waals surface area contributed by atoms with Crippen molar-refractivity contribution in [1.29, 1.82) is 0 Å². The molecule has 23 heavy (non-hydrogen) atoms. The molecule has 0 N–H and O–H groups in total. The molecule has 0 amide bonds. The van der Waals surface area contributed by atoms with Crippen molar-refractivity contribution in [3.63, 3.8) is 0 Å². The molecule has 2 aliphatic heterocycles. The van der Waals surface area contributed by atoms with E-state index in [0.29, 0.717) is 12.6 Å². The maximum absolute atomic E-state index is 6.14. The molecule has 3 heterocycles. The van der Waals surface area contributed by atoms with Gasteiger partial charge in [-0.15, -0.1) is 5.10 Å². The summed E-state index contributed by atoms with van der Waals surface area (Å²) in [6.45, 7) is 6.08. The number of hydrogen-bond acceptors (Lipinski definition) is 4. The lowest BCUT2D eigenvalue weighted by Gasteiger charge is -2.26. The standard InChI is InChI=1S/C18H24N4O/c1-2-3-7-10-21-11-15-17(12-21)23-13-16-18(19-20-22(15)16)14-8-5-4-6-9-14/h4-6,8-9,15,17H,2-3,7,10-13H2,1H3/t15-,17-/m0/s1. The number of fused-ring (bicyclic) bond motifs is 3. The molecule has 0 spiro atoms. The van der Waals surface area contributed by atoms with E-state index in [1.54, 1.807) is 0 Å². The Morgan fingerprint density at radius 3 is 2.87 bits per heavy atom. The predicted octanol–water partition coefficient (Wildman–Crippen LogP) is 2.89. The fourth-order valence-electron chi connectivity index (χ4n) is 3.72. The molecular formula is C18H24N4O. The van der Waals surface area contributed by atoms with E-state index in [1.807, 2.05) is 18.2 Å². The fourth-order valence-corrected chi connectivity index (χ4v) is 3.72. The maximum atomic E-state index is 6.14. The lowest BCUT2D eigenvalue weighted by molar-refractivity contribution is -0.00481. The second kappa shape index (κ2) is 6.42. The van der Waals surface area contributed by atoms with Crippen molar-refractivity contribution in [1.82, 2.24) is 19.9 Å². The monoisotopic (exact) mass is 312 g/mol. The zero-order chi connectivity index (χ0) is 15.6. The summed E-state index contributed by atoms with van der Waals surface area (Å²) in [7, 11) is 0. The molecule has 1 aromatic heterocycles. The van der Waals surface area contributed by atoms with Crippen LogP contribution in [0.5, 0.6) is 0 Å². The first kappa shape index (κ1) is 14.8. The summed E-state index contributed by atoms with van der Waals surface area (Å²) in [6.07, 6.45) is 4.11. The lowest BCUT2D eigenvalue weighted by Crippen LogP contribution is -2.32. The minimum absolute atomic E-state index is 0.259. The van der Waals surface area contributed by atoms with E-state index in [-0.39, 0.29) is 6.10 Å².